The number of amides is 1. The molecule has 4 aromatic rings. The minimum atomic E-state index is -0.447. The summed E-state index contributed by atoms with van der Waals surface area (Å²) in [5.74, 6) is -0.644. The van der Waals surface area contributed by atoms with Crippen molar-refractivity contribution in [2.45, 2.75) is 13.0 Å². The molecule has 0 saturated heterocycles. The number of aryl methyl sites for hydroxylation is 1. The molecule has 158 valence electrons. The molecule has 0 fully saturated rings. The molecule has 0 saturated carbocycles. The van der Waals surface area contributed by atoms with E-state index in [1.54, 1.807) is 47.8 Å². The number of anilines is 1. The molecule has 2 heterocycles. The maximum absolute atomic E-state index is 13.4. The van der Waals surface area contributed by atoms with Crippen LogP contribution in [0.25, 0.3) is 10.2 Å². The molecule has 2 aromatic heterocycles. The van der Waals surface area contributed by atoms with Crippen LogP contribution in [0.3, 0.4) is 0 Å². The number of benzene rings is 2. The lowest BCUT2D eigenvalue weighted by Gasteiger charge is -2.20. The number of thiazole rings is 1. The Hall–Kier alpha value is -3.23. The van der Waals surface area contributed by atoms with Gasteiger partial charge in [-0.3, -0.25) is 9.69 Å². The van der Waals surface area contributed by atoms with Crippen LogP contribution < -0.4 is 4.90 Å². The van der Waals surface area contributed by atoms with E-state index in [-0.39, 0.29) is 5.91 Å². The van der Waals surface area contributed by atoms with E-state index in [1.807, 2.05) is 22.9 Å². The average molecular weight is 455 g/mol. The number of carbonyl (C=O) groups excluding carboxylic acids is 2. The lowest BCUT2D eigenvalue weighted by molar-refractivity contribution is 0.0600. The Bertz CT molecular complexity index is 1210. The molecule has 7 nitrogen and oxygen atoms in total. The molecule has 4 rings (SSSR count). The molecule has 9 heteroatoms. The highest BCUT2D eigenvalue weighted by Gasteiger charge is 2.22. The molecule has 0 aliphatic heterocycles. The highest BCUT2D eigenvalue weighted by atomic mass is 35.5. The zero-order valence-corrected chi connectivity index (χ0v) is 18.3. The first kappa shape index (κ1) is 21.0. The van der Waals surface area contributed by atoms with E-state index < -0.39 is 5.97 Å². The second kappa shape index (κ2) is 9.28. The Morgan fingerprint density at radius 3 is 2.61 bits per heavy atom. The molecule has 1 amide bonds. The summed E-state index contributed by atoms with van der Waals surface area (Å²) in [5, 5.41) is 1.13. The van der Waals surface area contributed by atoms with Crippen LogP contribution in [-0.2, 0) is 11.3 Å². The third kappa shape index (κ3) is 4.60. The van der Waals surface area contributed by atoms with Crippen molar-refractivity contribution in [3.8, 4) is 0 Å². The Morgan fingerprint density at radius 2 is 1.94 bits per heavy atom. The van der Waals surface area contributed by atoms with Crippen LogP contribution in [0.4, 0.5) is 5.13 Å². The molecule has 0 spiro atoms. The van der Waals surface area contributed by atoms with Crippen LogP contribution in [0.2, 0.25) is 5.02 Å². The van der Waals surface area contributed by atoms with Gasteiger partial charge in [-0.1, -0.05) is 29.0 Å². The van der Waals surface area contributed by atoms with Crippen molar-refractivity contribution in [1.82, 2.24) is 14.5 Å². The lowest BCUT2D eigenvalue weighted by atomic mass is 10.1. The van der Waals surface area contributed by atoms with E-state index in [1.165, 1.54) is 18.4 Å². The summed E-state index contributed by atoms with van der Waals surface area (Å²) in [7, 11) is 1.32. The summed E-state index contributed by atoms with van der Waals surface area (Å²) >= 11 is 7.71. The molecule has 0 radical (unpaired) electrons. The number of aromatic nitrogens is 3. The first-order chi connectivity index (χ1) is 15.1. The van der Waals surface area contributed by atoms with Crippen molar-refractivity contribution < 1.29 is 14.3 Å². The molecule has 2 aromatic carbocycles. The predicted molar refractivity (Wildman–Crippen MR) is 121 cm³/mol. The number of hydrogen-bond acceptors (Lipinski definition) is 6. The van der Waals surface area contributed by atoms with Crippen LogP contribution in [0.15, 0.2) is 61.2 Å². The molecule has 0 N–H and O–H groups in total. The maximum Gasteiger partial charge on any atom is 0.337 e. The van der Waals surface area contributed by atoms with Gasteiger partial charge in [0.05, 0.1) is 28.7 Å². The third-order valence-corrected chi connectivity index (χ3v) is 6.09. The van der Waals surface area contributed by atoms with Crippen LogP contribution in [0, 0.1) is 0 Å². The number of halogens is 1. The van der Waals surface area contributed by atoms with Gasteiger partial charge in [-0.2, -0.15) is 0 Å². The normalized spacial score (nSPS) is 10.9. The summed E-state index contributed by atoms with van der Waals surface area (Å²) in [6, 6.07) is 12.0. The van der Waals surface area contributed by atoms with Crippen molar-refractivity contribution in [1.29, 1.82) is 0 Å². The quantitative estimate of drug-likeness (QED) is 0.379. The van der Waals surface area contributed by atoms with Crippen LogP contribution in [-0.4, -0.2) is 40.1 Å². The minimum absolute atomic E-state index is 0.197. The Morgan fingerprint density at radius 1 is 1.16 bits per heavy atom. The Balaban J connectivity index is 1.62. The number of esters is 1. The van der Waals surface area contributed by atoms with Crippen LogP contribution >= 0.6 is 22.9 Å². The van der Waals surface area contributed by atoms with Gasteiger partial charge < -0.3 is 9.30 Å². The summed E-state index contributed by atoms with van der Waals surface area (Å²) < 4.78 is 7.60. The maximum atomic E-state index is 13.4. The van der Waals surface area contributed by atoms with Gasteiger partial charge in [-0.15, -0.1) is 0 Å². The largest absolute Gasteiger partial charge is 0.465 e. The van der Waals surface area contributed by atoms with Gasteiger partial charge in [0.15, 0.2) is 5.13 Å². The van der Waals surface area contributed by atoms with Crippen LogP contribution in [0.5, 0.6) is 0 Å². The second-order valence-corrected chi connectivity index (χ2v) is 8.18. The van der Waals surface area contributed by atoms with Crippen molar-refractivity contribution in [2.24, 2.45) is 0 Å². The molecule has 0 bridgehead atoms. The second-order valence-electron chi connectivity index (χ2n) is 6.76. The number of methoxy groups -OCH3 is 1. The summed E-state index contributed by atoms with van der Waals surface area (Å²) in [4.78, 5) is 35.4. The fourth-order valence-corrected chi connectivity index (χ4v) is 4.45. The third-order valence-electron chi connectivity index (χ3n) is 4.74. The SMILES string of the molecule is COC(=O)c1ccc(C(=O)N(CCCn2ccnc2)c2nc3c(Cl)cccc3s2)cc1. The van der Waals surface area contributed by atoms with Gasteiger partial charge in [-0.05, 0) is 42.8 Å². The average Bonchev–Trinajstić information content (AvgIpc) is 3.46. The Kier molecular flexibility index (Phi) is 6.29. The molecule has 0 aliphatic carbocycles. The van der Waals surface area contributed by atoms with Gasteiger partial charge >= 0.3 is 5.97 Å². The number of imidazole rings is 1. The number of hydrogen-bond donors (Lipinski definition) is 0. The van der Waals surface area contributed by atoms with Gasteiger partial charge in [0.25, 0.3) is 5.91 Å². The number of rotatable bonds is 7. The molecule has 0 atom stereocenters. The summed E-state index contributed by atoms with van der Waals surface area (Å²) in [6.07, 6.45) is 6.07. The smallest absolute Gasteiger partial charge is 0.337 e. The Labute approximate surface area is 187 Å². The predicted octanol–water partition coefficient (Wildman–Crippen LogP) is 4.67. The lowest BCUT2D eigenvalue weighted by Crippen LogP contribution is -2.32. The molecular formula is C22H19ClN4O3S. The van der Waals surface area contributed by atoms with Crippen molar-refractivity contribution in [2.75, 3.05) is 18.6 Å². The van der Waals surface area contributed by atoms with E-state index in [0.717, 1.165) is 11.2 Å². The molecule has 31 heavy (non-hydrogen) atoms. The highest BCUT2D eigenvalue weighted by Crippen LogP contribution is 2.33. The zero-order chi connectivity index (χ0) is 21.8. The summed E-state index contributed by atoms with van der Waals surface area (Å²) in [6.45, 7) is 1.18. The number of fused-ring (bicyclic) bond motifs is 1. The topological polar surface area (TPSA) is 77.3 Å². The first-order valence-corrected chi connectivity index (χ1v) is 10.8. The fraction of sp³-hybridized carbons (Fsp3) is 0.182. The zero-order valence-electron chi connectivity index (χ0n) is 16.7. The standard InChI is InChI=1S/C22H19ClN4O3S/c1-30-21(29)16-8-6-15(7-9-16)20(28)27(12-3-11-26-13-10-24-14-26)22-25-19-17(23)4-2-5-18(19)31-22/h2,4-10,13-14H,3,11-12H2,1H3. The number of para-hydroxylation sites is 1. The van der Waals surface area contributed by atoms with Gasteiger partial charge in [0.2, 0.25) is 0 Å². The van der Waals surface area contributed by atoms with Crippen molar-refractivity contribution in [3.05, 3.63) is 77.3 Å². The first-order valence-electron chi connectivity index (χ1n) is 9.58. The number of carbonyl (C=O) groups is 2. The molecule has 0 unspecified atom stereocenters. The van der Waals surface area contributed by atoms with Gasteiger partial charge in [0.1, 0.15) is 5.52 Å². The van der Waals surface area contributed by atoms with Gasteiger partial charge in [-0.25, -0.2) is 14.8 Å². The van der Waals surface area contributed by atoms with E-state index in [2.05, 4.69) is 9.97 Å². The minimum Gasteiger partial charge on any atom is -0.465 e. The summed E-state index contributed by atoms with van der Waals surface area (Å²) in [5.41, 5.74) is 1.52. The van der Waals surface area contributed by atoms with E-state index in [0.29, 0.717) is 39.8 Å². The fourth-order valence-electron chi connectivity index (χ4n) is 3.16. The van der Waals surface area contributed by atoms with E-state index in [4.69, 9.17) is 16.3 Å². The van der Waals surface area contributed by atoms with Crippen molar-refractivity contribution >= 4 is 50.2 Å². The van der Waals surface area contributed by atoms with Gasteiger partial charge in [0, 0.05) is 31.0 Å². The molecular weight excluding hydrogens is 436 g/mol. The number of nitrogens with zero attached hydrogens (tertiary/aromatic N) is 4. The molecule has 0 aliphatic rings. The number of ether oxygens (including phenoxy) is 1. The van der Waals surface area contributed by atoms with E-state index in [9.17, 15) is 9.59 Å². The monoisotopic (exact) mass is 454 g/mol. The van der Waals surface area contributed by atoms with E-state index >= 15 is 0 Å². The van der Waals surface area contributed by atoms with Crippen LogP contribution in [0.1, 0.15) is 27.1 Å². The highest BCUT2D eigenvalue weighted by molar-refractivity contribution is 7.22. The van der Waals surface area contributed by atoms with Crippen molar-refractivity contribution in [3.63, 3.8) is 0 Å².